The predicted octanol–water partition coefficient (Wildman–Crippen LogP) is 3.04. The fourth-order valence-electron chi connectivity index (χ4n) is 3.80. The number of nitrogens with zero attached hydrogens (tertiary/aromatic N) is 1. The lowest BCUT2D eigenvalue weighted by Crippen LogP contribution is -2.44. The van der Waals surface area contributed by atoms with Crippen molar-refractivity contribution in [1.82, 2.24) is 4.90 Å². The van der Waals surface area contributed by atoms with E-state index < -0.39 is 5.97 Å². The van der Waals surface area contributed by atoms with Crippen molar-refractivity contribution >= 4 is 11.9 Å². The molecule has 0 radical (unpaired) electrons. The molecule has 0 unspecified atom stereocenters. The molecule has 1 aromatic rings. The van der Waals surface area contributed by atoms with Gasteiger partial charge in [0.1, 0.15) is 5.75 Å². The summed E-state index contributed by atoms with van der Waals surface area (Å²) in [6, 6.07) is 8.03. The van der Waals surface area contributed by atoms with Crippen LogP contribution in [0.4, 0.5) is 0 Å². The van der Waals surface area contributed by atoms with Crippen LogP contribution in [0.2, 0.25) is 0 Å². The Morgan fingerprint density at radius 3 is 2.92 bits per heavy atom. The smallest absolute Gasteiger partial charge is 0.303 e. The van der Waals surface area contributed by atoms with Crippen molar-refractivity contribution in [1.29, 1.82) is 0 Å². The third-order valence-electron chi connectivity index (χ3n) is 5.23. The van der Waals surface area contributed by atoms with Crippen LogP contribution in [0, 0.1) is 5.92 Å². The molecule has 3 atom stereocenters. The number of carbonyl (C=O) groups excluding carboxylic acids is 1. The molecule has 1 saturated heterocycles. The standard InChI is InChI=1S/C19H25NO4/c1-24-15-7-4-5-13(11-15)16-12-17(16)19(23)20-10-3-2-6-14(20)8-9-18(21)22/h4-5,7,11,14,16-17H,2-3,6,8-10,12H2,1H3,(H,21,22)/t14-,16-,17-/m0/s1. The number of piperidine rings is 1. The summed E-state index contributed by atoms with van der Waals surface area (Å²) in [7, 11) is 1.65. The van der Waals surface area contributed by atoms with Crippen LogP contribution in [-0.4, -0.2) is 41.6 Å². The zero-order valence-electron chi connectivity index (χ0n) is 14.1. The molecule has 5 nitrogen and oxygen atoms in total. The van der Waals surface area contributed by atoms with Crippen molar-refractivity contribution < 1.29 is 19.4 Å². The quantitative estimate of drug-likeness (QED) is 0.870. The van der Waals surface area contributed by atoms with E-state index >= 15 is 0 Å². The number of carboxylic acids is 1. The molecule has 1 N–H and O–H groups in total. The lowest BCUT2D eigenvalue weighted by molar-refractivity contribution is -0.140. The van der Waals surface area contributed by atoms with Gasteiger partial charge in [-0.15, -0.1) is 0 Å². The highest BCUT2D eigenvalue weighted by atomic mass is 16.5. The van der Waals surface area contributed by atoms with Gasteiger partial charge >= 0.3 is 5.97 Å². The largest absolute Gasteiger partial charge is 0.497 e. The first-order chi connectivity index (χ1) is 11.6. The van der Waals surface area contributed by atoms with Crippen molar-refractivity contribution in [3.8, 4) is 5.75 Å². The Morgan fingerprint density at radius 2 is 2.17 bits per heavy atom. The van der Waals surface area contributed by atoms with Crippen LogP contribution in [0.15, 0.2) is 24.3 Å². The van der Waals surface area contributed by atoms with Gasteiger partial charge in [0.2, 0.25) is 5.91 Å². The third-order valence-corrected chi connectivity index (χ3v) is 5.23. The van der Waals surface area contributed by atoms with Crippen molar-refractivity contribution in [2.45, 2.75) is 50.5 Å². The summed E-state index contributed by atoms with van der Waals surface area (Å²) in [6.07, 6.45) is 4.61. The first-order valence-corrected chi connectivity index (χ1v) is 8.76. The molecule has 1 aromatic carbocycles. The number of carbonyl (C=O) groups is 2. The molecule has 1 heterocycles. The second kappa shape index (κ2) is 7.24. The zero-order chi connectivity index (χ0) is 17.1. The molecule has 1 aliphatic heterocycles. The summed E-state index contributed by atoms with van der Waals surface area (Å²) in [5.74, 6) is 0.562. The SMILES string of the molecule is COc1cccc([C@@H]2C[C@@H]2C(=O)N2CCCC[C@H]2CCC(=O)O)c1. The molecular formula is C19H25NO4. The topological polar surface area (TPSA) is 66.8 Å². The number of benzene rings is 1. The van der Waals surface area contributed by atoms with Gasteiger partial charge in [-0.25, -0.2) is 0 Å². The summed E-state index contributed by atoms with van der Waals surface area (Å²) in [5.41, 5.74) is 1.16. The van der Waals surface area contributed by atoms with Gasteiger partial charge in [0.15, 0.2) is 0 Å². The van der Waals surface area contributed by atoms with Crippen LogP contribution in [0.3, 0.4) is 0 Å². The first kappa shape index (κ1) is 16.8. The van der Waals surface area contributed by atoms with Gasteiger partial charge < -0.3 is 14.7 Å². The van der Waals surface area contributed by atoms with Gasteiger partial charge in [-0.05, 0) is 55.7 Å². The number of likely N-dealkylation sites (tertiary alicyclic amines) is 1. The Hall–Kier alpha value is -2.04. The first-order valence-electron chi connectivity index (χ1n) is 8.76. The van der Waals surface area contributed by atoms with Gasteiger partial charge in [0.25, 0.3) is 0 Å². The van der Waals surface area contributed by atoms with Crippen LogP contribution in [-0.2, 0) is 9.59 Å². The summed E-state index contributed by atoms with van der Waals surface area (Å²) < 4.78 is 5.27. The monoisotopic (exact) mass is 331 g/mol. The summed E-state index contributed by atoms with van der Waals surface area (Å²) >= 11 is 0. The number of carboxylic acid groups (broad SMARTS) is 1. The van der Waals surface area contributed by atoms with Crippen molar-refractivity contribution in [2.75, 3.05) is 13.7 Å². The molecule has 130 valence electrons. The number of hydrogen-bond donors (Lipinski definition) is 1. The lowest BCUT2D eigenvalue weighted by Gasteiger charge is -2.36. The summed E-state index contributed by atoms with van der Waals surface area (Å²) in [4.78, 5) is 25.7. The maximum atomic E-state index is 12.9. The number of methoxy groups -OCH3 is 1. The molecule has 24 heavy (non-hydrogen) atoms. The minimum Gasteiger partial charge on any atom is -0.497 e. The number of ether oxygens (including phenoxy) is 1. The van der Waals surface area contributed by atoms with Crippen LogP contribution < -0.4 is 4.74 Å². The van der Waals surface area contributed by atoms with Gasteiger partial charge in [0, 0.05) is 24.9 Å². The van der Waals surface area contributed by atoms with E-state index in [0.717, 1.165) is 43.5 Å². The molecule has 5 heteroatoms. The molecule has 2 fully saturated rings. The predicted molar refractivity (Wildman–Crippen MR) is 90.1 cm³/mol. The highest BCUT2D eigenvalue weighted by molar-refractivity contribution is 5.83. The second-order valence-electron chi connectivity index (χ2n) is 6.84. The normalized spacial score (nSPS) is 26.0. The number of amides is 1. The Balaban J connectivity index is 1.64. The number of hydrogen-bond acceptors (Lipinski definition) is 3. The van der Waals surface area contributed by atoms with Crippen molar-refractivity contribution in [3.05, 3.63) is 29.8 Å². The van der Waals surface area contributed by atoms with Crippen molar-refractivity contribution in [2.24, 2.45) is 5.92 Å². The molecule has 1 aliphatic carbocycles. The van der Waals surface area contributed by atoms with Crippen LogP contribution >= 0.6 is 0 Å². The minimum absolute atomic E-state index is 0.0440. The summed E-state index contributed by atoms with van der Waals surface area (Å²) in [6.45, 7) is 0.768. The van der Waals surface area contributed by atoms with E-state index in [1.807, 2.05) is 23.1 Å². The van der Waals surface area contributed by atoms with E-state index in [9.17, 15) is 9.59 Å². The third kappa shape index (κ3) is 3.71. The zero-order valence-corrected chi connectivity index (χ0v) is 14.1. The van der Waals surface area contributed by atoms with E-state index in [0.29, 0.717) is 6.42 Å². The minimum atomic E-state index is -0.784. The fourth-order valence-corrected chi connectivity index (χ4v) is 3.80. The maximum Gasteiger partial charge on any atom is 0.303 e. The molecule has 0 bridgehead atoms. The molecular weight excluding hydrogens is 306 g/mol. The Labute approximate surface area is 142 Å². The Morgan fingerprint density at radius 1 is 1.33 bits per heavy atom. The van der Waals surface area contributed by atoms with E-state index in [-0.39, 0.29) is 30.2 Å². The number of rotatable bonds is 6. The summed E-state index contributed by atoms with van der Waals surface area (Å²) in [5, 5.41) is 8.92. The average molecular weight is 331 g/mol. The highest BCUT2D eigenvalue weighted by Gasteiger charge is 2.47. The van der Waals surface area contributed by atoms with Crippen LogP contribution in [0.5, 0.6) is 5.75 Å². The van der Waals surface area contributed by atoms with Gasteiger partial charge in [-0.1, -0.05) is 12.1 Å². The van der Waals surface area contributed by atoms with Crippen molar-refractivity contribution in [3.63, 3.8) is 0 Å². The molecule has 1 saturated carbocycles. The van der Waals surface area contributed by atoms with Crippen LogP contribution in [0.1, 0.15) is 50.0 Å². The maximum absolute atomic E-state index is 12.9. The molecule has 3 rings (SSSR count). The Kier molecular flexibility index (Phi) is 5.07. The van der Waals surface area contributed by atoms with E-state index in [2.05, 4.69) is 6.07 Å². The highest BCUT2D eigenvalue weighted by Crippen LogP contribution is 2.49. The fraction of sp³-hybridized carbons (Fsp3) is 0.579. The lowest BCUT2D eigenvalue weighted by atomic mass is 9.97. The van der Waals surface area contributed by atoms with E-state index in [4.69, 9.17) is 9.84 Å². The second-order valence-corrected chi connectivity index (χ2v) is 6.84. The van der Waals surface area contributed by atoms with Crippen LogP contribution in [0.25, 0.3) is 0 Å². The van der Waals surface area contributed by atoms with E-state index in [1.54, 1.807) is 7.11 Å². The molecule has 0 spiro atoms. The van der Waals surface area contributed by atoms with Gasteiger partial charge in [-0.3, -0.25) is 9.59 Å². The number of aliphatic carboxylic acids is 1. The average Bonchev–Trinajstić information content (AvgIpc) is 3.40. The van der Waals surface area contributed by atoms with E-state index in [1.165, 1.54) is 0 Å². The van der Waals surface area contributed by atoms with Gasteiger partial charge in [0.05, 0.1) is 7.11 Å². The van der Waals surface area contributed by atoms with Gasteiger partial charge in [-0.2, -0.15) is 0 Å². The Bertz CT molecular complexity index is 615. The molecule has 2 aliphatic rings. The molecule has 0 aromatic heterocycles. The molecule has 1 amide bonds.